The van der Waals surface area contributed by atoms with E-state index in [0.717, 1.165) is 30.4 Å². The van der Waals surface area contributed by atoms with Crippen molar-refractivity contribution < 1.29 is 9.18 Å². The minimum absolute atomic E-state index is 0.117. The maximum absolute atomic E-state index is 13.1. The van der Waals surface area contributed by atoms with E-state index in [-0.39, 0.29) is 35.3 Å². The molecule has 146 valence electrons. The molecule has 8 nitrogen and oxygen atoms in total. The molecule has 1 amide bonds. The van der Waals surface area contributed by atoms with E-state index < -0.39 is 5.56 Å². The van der Waals surface area contributed by atoms with Gasteiger partial charge in [0.1, 0.15) is 17.7 Å². The fourth-order valence-electron chi connectivity index (χ4n) is 3.71. The number of hydrogen-bond acceptors (Lipinski definition) is 5. The number of carbonyl (C=O) groups excluding carboxylic acids is 1. The molecule has 9 heteroatoms. The third kappa shape index (κ3) is 3.28. The Bertz CT molecular complexity index is 1060. The number of hydrogen-bond donors (Lipinski definition) is 0. The fourth-order valence-corrected chi connectivity index (χ4v) is 3.71. The summed E-state index contributed by atoms with van der Waals surface area (Å²) in [6, 6.07) is 5.91. The number of piperidine rings is 1. The lowest BCUT2D eigenvalue weighted by Crippen LogP contribution is -2.46. The first-order valence-electron chi connectivity index (χ1n) is 9.45. The Morgan fingerprint density at radius 3 is 2.79 bits per heavy atom. The largest absolute Gasteiger partial charge is 0.338 e. The van der Waals surface area contributed by atoms with Gasteiger partial charge in [-0.1, -0.05) is 12.1 Å². The molecule has 4 rings (SSSR count). The molecular formula is C19H21FN6O2. The van der Waals surface area contributed by atoms with Crippen molar-refractivity contribution in [2.45, 2.75) is 45.2 Å². The first-order valence-corrected chi connectivity index (χ1v) is 9.45. The normalized spacial score (nSPS) is 17.2. The van der Waals surface area contributed by atoms with Crippen LogP contribution in [0.25, 0.3) is 16.7 Å². The second-order valence-corrected chi connectivity index (χ2v) is 6.97. The molecule has 0 aliphatic carbocycles. The van der Waals surface area contributed by atoms with Crippen molar-refractivity contribution in [3.63, 3.8) is 0 Å². The van der Waals surface area contributed by atoms with Crippen molar-refractivity contribution in [2.75, 3.05) is 6.54 Å². The summed E-state index contributed by atoms with van der Waals surface area (Å²) in [6.45, 7) is 2.64. The van der Waals surface area contributed by atoms with Crippen LogP contribution in [0.4, 0.5) is 4.39 Å². The smallest absolute Gasteiger partial charge is 0.281 e. The Morgan fingerprint density at radius 1 is 1.25 bits per heavy atom. The Morgan fingerprint density at radius 2 is 2.04 bits per heavy atom. The number of halogens is 1. The lowest BCUT2D eigenvalue weighted by atomic mass is 10.00. The van der Waals surface area contributed by atoms with Gasteiger partial charge in [0, 0.05) is 12.6 Å². The number of amides is 1. The van der Waals surface area contributed by atoms with Gasteiger partial charge in [0.25, 0.3) is 5.56 Å². The molecule has 3 aromatic rings. The van der Waals surface area contributed by atoms with Crippen molar-refractivity contribution in [1.29, 1.82) is 0 Å². The van der Waals surface area contributed by atoms with Gasteiger partial charge < -0.3 is 4.90 Å². The SMILES string of the molecule is CC[C@@H]1CCCCN1C(=O)Cn1nnc2c(cnn2-c2ccc(F)cc2)c1=O. The molecule has 1 saturated heterocycles. The minimum Gasteiger partial charge on any atom is -0.338 e. The van der Waals surface area contributed by atoms with Gasteiger partial charge in [-0.05, 0) is 49.9 Å². The van der Waals surface area contributed by atoms with Gasteiger partial charge in [-0.15, -0.1) is 5.10 Å². The highest BCUT2D eigenvalue weighted by molar-refractivity contribution is 5.78. The van der Waals surface area contributed by atoms with Gasteiger partial charge in [-0.25, -0.2) is 13.8 Å². The summed E-state index contributed by atoms with van der Waals surface area (Å²) in [4.78, 5) is 27.3. The molecule has 2 aromatic heterocycles. The van der Waals surface area contributed by atoms with Crippen LogP contribution in [0.3, 0.4) is 0 Å². The van der Waals surface area contributed by atoms with Gasteiger partial charge in [-0.3, -0.25) is 9.59 Å². The van der Waals surface area contributed by atoms with E-state index in [0.29, 0.717) is 12.2 Å². The summed E-state index contributed by atoms with van der Waals surface area (Å²) < 4.78 is 15.7. The molecule has 1 aliphatic heterocycles. The van der Waals surface area contributed by atoms with Crippen LogP contribution in [0.5, 0.6) is 0 Å². The van der Waals surface area contributed by atoms with Crippen molar-refractivity contribution in [2.24, 2.45) is 0 Å². The zero-order valence-electron chi connectivity index (χ0n) is 15.6. The highest BCUT2D eigenvalue weighted by Crippen LogP contribution is 2.20. The number of nitrogens with zero attached hydrogens (tertiary/aromatic N) is 6. The number of likely N-dealkylation sites (tertiary alicyclic amines) is 1. The number of aromatic nitrogens is 5. The van der Waals surface area contributed by atoms with Crippen LogP contribution in [0, 0.1) is 5.82 Å². The van der Waals surface area contributed by atoms with Gasteiger partial charge in [0.15, 0.2) is 5.65 Å². The number of fused-ring (bicyclic) bond motifs is 1. The molecule has 0 N–H and O–H groups in total. The van der Waals surface area contributed by atoms with Crippen LogP contribution in [0.2, 0.25) is 0 Å². The molecule has 0 spiro atoms. The van der Waals surface area contributed by atoms with Gasteiger partial charge in [0.2, 0.25) is 5.91 Å². The molecule has 28 heavy (non-hydrogen) atoms. The Kier molecular flexibility index (Phi) is 4.89. The fraction of sp³-hybridized carbons (Fsp3) is 0.421. The number of carbonyl (C=O) groups is 1. The van der Waals surface area contributed by atoms with Gasteiger partial charge in [0.05, 0.1) is 11.9 Å². The third-order valence-corrected chi connectivity index (χ3v) is 5.23. The van der Waals surface area contributed by atoms with Crippen LogP contribution >= 0.6 is 0 Å². The summed E-state index contributed by atoms with van der Waals surface area (Å²) in [5, 5.41) is 12.5. The first-order chi connectivity index (χ1) is 13.6. The van der Waals surface area contributed by atoms with Crippen LogP contribution in [-0.2, 0) is 11.3 Å². The molecule has 1 aromatic carbocycles. The minimum atomic E-state index is -0.420. The van der Waals surface area contributed by atoms with E-state index in [1.54, 1.807) is 12.1 Å². The van der Waals surface area contributed by atoms with E-state index in [4.69, 9.17) is 0 Å². The number of rotatable bonds is 4. The van der Waals surface area contributed by atoms with Crippen molar-refractivity contribution in [3.05, 3.63) is 46.6 Å². The lowest BCUT2D eigenvalue weighted by Gasteiger charge is -2.35. The second kappa shape index (κ2) is 7.49. The zero-order chi connectivity index (χ0) is 19.7. The van der Waals surface area contributed by atoms with Crippen molar-refractivity contribution in [3.8, 4) is 5.69 Å². The first kappa shape index (κ1) is 18.3. The summed E-state index contributed by atoms with van der Waals surface area (Å²) in [6.07, 6.45) is 5.39. The summed E-state index contributed by atoms with van der Waals surface area (Å²) in [7, 11) is 0. The van der Waals surface area contributed by atoms with E-state index in [1.165, 1.54) is 23.0 Å². The second-order valence-electron chi connectivity index (χ2n) is 6.97. The van der Waals surface area contributed by atoms with Gasteiger partial charge in [-0.2, -0.15) is 5.10 Å². The summed E-state index contributed by atoms with van der Waals surface area (Å²) in [5.41, 5.74) is 0.416. The summed E-state index contributed by atoms with van der Waals surface area (Å²) in [5.74, 6) is -0.483. The Labute approximate surface area is 160 Å². The predicted octanol–water partition coefficient (Wildman–Crippen LogP) is 1.91. The molecule has 0 bridgehead atoms. The van der Waals surface area contributed by atoms with Crippen LogP contribution in [0.1, 0.15) is 32.6 Å². The molecule has 0 radical (unpaired) electrons. The maximum Gasteiger partial charge on any atom is 0.281 e. The van der Waals surface area contributed by atoms with Gasteiger partial charge >= 0.3 is 0 Å². The van der Waals surface area contributed by atoms with E-state index >= 15 is 0 Å². The quantitative estimate of drug-likeness (QED) is 0.686. The molecule has 3 heterocycles. The number of benzene rings is 1. The molecule has 1 aliphatic rings. The lowest BCUT2D eigenvalue weighted by molar-refractivity contribution is -0.135. The molecule has 1 fully saturated rings. The van der Waals surface area contributed by atoms with Crippen LogP contribution in [-0.4, -0.2) is 48.2 Å². The molecule has 0 saturated carbocycles. The van der Waals surface area contributed by atoms with E-state index in [2.05, 4.69) is 22.3 Å². The molecule has 1 atom stereocenters. The van der Waals surface area contributed by atoms with Crippen molar-refractivity contribution >= 4 is 16.9 Å². The average molecular weight is 384 g/mol. The molecule has 0 unspecified atom stereocenters. The maximum atomic E-state index is 13.1. The zero-order valence-corrected chi connectivity index (χ0v) is 15.6. The Balaban J connectivity index is 1.63. The predicted molar refractivity (Wildman–Crippen MR) is 101 cm³/mol. The van der Waals surface area contributed by atoms with Crippen LogP contribution < -0.4 is 5.56 Å². The molecular weight excluding hydrogens is 363 g/mol. The van der Waals surface area contributed by atoms with Crippen molar-refractivity contribution in [1.82, 2.24) is 29.7 Å². The standard InChI is InChI=1S/C19H21FN6O2/c1-2-14-5-3-4-10-24(14)17(27)12-25-19(28)16-11-21-26(18(16)22-23-25)15-8-6-13(20)7-9-15/h6-9,11,14H,2-5,10,12H2,1H3/t14-/m1/s1. The Hall–Kier alpha value is -3.10. The highest BCUT2D eigenvalue weighted by Gasteiger charge is 2.26. The monoisotopic (exact) mass is 384 g/mol. The topological polar surface area (TPSA) is 85.9 Å². The average Bonchev–Trinajstić information content (AvgIpc) is 3.15. The highest BCUT2D eigenvalue weighted by atomic mass is 19.1. The van der Waals surface area contributed by atoms with Crippen LogP contribution in [0.15, 0.2) is 35.3 Å². The summed E-state index contributed by atoms with van der Waals surface area (Å²) >= 11 is 0. The third-order valence-electron chi connectivity index (χ3n) is 5.23. The van der Waals surface area contributed by atoms with E-state index in [1.807, 2.05) is 4.90 Å². The van der Waals surface area contributed by atoms with E-state index in [9.17, 15) is 14.0 Å².